The Morgan fingerprint density at radius 3 is 2.50 bits per heavy atom. The average molecular weight is 299 g/mol. The molecule has 1 aromatic rings. The summed E-state index contributed by atoms with van der Waals surface area (Å²) in [7, 11) is 0. The number of amides is 1. The predicted molar refractivity (Wildman–Crippen MR) is 76.9 cm³/mol. The van der Waals surface area contributed by atoms with Gasteiger partial charge in [-0.1, -0.05) is 20.8 Å². The van der Waals surface area contributed by atoms with Crippen molar-refractivity contribution in [2.45, 2.75) is 20.8 Å². The van der Waals surface area contributed by atoms with Gasteiger partial charge in [0.15, 0.2) is 5.11 Å². The fraction of sp³-hybridized carbons (Fsp3) is 0.333. The number of hydrogen-bond donors (Lipinski definition) is 2. The van der Waals surface area contributed by atoms with E-state index in [2.05, 4.69) is 10.6 Å². The minimum Gasteiger partial charge on any atom is -0.330 e. The lowest BCUT2D eigenvalue weighted by atomic mass is 9.96. The monoisotopic (exact) mass is 299 g/mol. The van der Waals surface area contributed by atoms with Gasteiger partial charge in [-0.25, -0.2) is 4.39 Å². The van der Waals surface area contributed by atoms with Crippen LogP contribution in [0.2, 0.25) is 0 Å². The van der Waals surface area contributed by atoms with Crippen LogP contribution in [-0.2, 0) is 4.79 Å². The first-order valence-electron chi connectivity index (χ1n) is 5.67. The Hall–Kier alpha value is -2.09. The highest BCUT2D eigenvalue weighted by Gasteiger charge is 2.22. The molecule has 1 aromatic carbocycles. The number of thiocarbonyl (C=S) groups is 1. The van der Waals surface area contributed by atoms with Crippen molar-refractivity contribution in [3.63, 3.8) is 0 Å². The van der Waals surface area contributed by atoms with Crippen molar-refractivity contribution in [3.05, 3.63) is 34.1 Å². The molecule has 0 aromatic heterocycles. The van der Waals surface area contributed by atoms with Crippen molar-refractivity contribution < 1.29 is 14.1 Å². The second kappa shape index (κ2) is 5.91. The number of nitro groups is 1. The van der Waals surface area contributed by atoms with Crippen LogP contribution in [0.1, 0.15) is 20.8 Å². The third-order valence-electron chi connectivity index (χ3n) is 2.32. The molecule has 20 heavy (non-hydrogen) atoms. The predicted octanol–water partition coefficient (Wildman–Crippen LogP) is 2.59. The Morgan fingerprint density at radius 2 is 2.00 bits per heavy atom. The molecule has 0 bridgehead atoms. The van der Waals surface area contributed by atoms with E-state index >= 15 is 0 Å². The van der Waals surface area contributed by atoms with Crippen LogP contribution in [0, 0.1) is 21.3 Å². The van der Waals surface area contributed by atoms with Gasteiger partial charge >= 0.3 is 0 Å². The maximum Gasteiger partial charge on any atom is 0.271 e. The molecule has 0 heterocycles. The van der Waals surface area contributed by atoms with E-state index in [4.69, 9.17) is 12.2 Å². The molecular weight excluding hydrogens is 285 g/mol. The van der Waals surface area contributed by atoms with E-state index in [1.165, 1.54) is 0 Å². The fourth-order valence-electron chi connectivity index (χ4n) is 1.17. The number of benzene rings is 1. The summed E-state index contributed by atoms with van der Waals surface area (Å²) in [6.45, 7) is 5.08. The van der Waals surface area contributed by atoms with Crippen LogP contribution in [0.25, 0.3) is 0 Å². The molecule has 0 saturated carbocycles. The van der Waals surface area contributed by atoms with Gasteiger partial charge < -0.3 is 10.6 Å². The van der Waals surface area contributed by atoms with Crippen LogP contribution in [0.3, 0.4) is 0 Å². The molecular formula is C12H14FN3O3S. The Balaban J connectivity index is 2.83. The quantitative estimate of drug-likeness (QED) is 0.498. The Kier molecular flexibility index (Phi) is 4.72. The van der Waals surface area contributed by atoms with Crippen molar-refractivity contribution >= 4 is 34.6 Å². The number of nitro benzene ring substituents is 1. The standard InChI is InChI=1S/C12H14FN3O3S/c1-12(2,3)10(17)15-11(20)14-9-6-7(16(18)19)4-5-8(9)13/h4-6H,1-3H3,(H2,14,15,17,20). The number of nitrogens with zero attached hydrogens (tertiary/aromatic N) is 1. The van der Waals surface area contributed by atoms with Gasteiger partial charge in [-0.05, 0) is 18.3 Å². The molecule has 0 radical (unpaired) electrons. The minimum absolute atomic E-state index is 0.121. The summed E-state index contributed by atoms with van der Waals surface area (Å²) in [5.74, 6) is -1.05. The molecule has 0 unspecified atom stereocenters. The number of carbonyl (C=O) groups excluding carboxylic acids is 1. The van der Waals surface area contributed by atoms with Gasteiger partial charge in [0.05, 0.1) is 10.6 Å². The minimum atomic E-state index is -0.706. The molecule has 6 nitrogen and oxygen atoms in total. The largest absolute Gasteiger partial charge is 0.330 e. The second-order valence-electron chi connectivity index (χ2n) is 5.08. The average Bonchev–Trinajstić information content (AvgIpc) is 2.30. The van der Waals surface area contributed by atoms with Gasteiger partial charge in [0.1, 0.15) is 5.82 Å². The van der Waals surface area contributed by atoms with Crippen LogP contribution in [0.5, 0.6) is 0 Å². The van der Waals surface area contributed by atoms with Crippen molar-refractivity contribution in [1.29, 1.82) is 0 Å². The Bertz CT molecular complexity index is 570. The van der Waals surface area contributed by atoms with Crippen LogP contribution in [0.15, 0.2) is 18.2 Å². The number of nitrogens with one attached hydrogen (secondary N) is 2. The maximum atomic E-state index is 13.5. The molecule has 0 spiro atoms. The van der Waals surface area contributed by atoms with Crippen LogP contribution in [0.4, 0.5) is 15.8 Å². The molecule has 0 fully saturated rings. The molecule has 0 aliphatic heterocycles. The third-order valence-corrected chi connectivity index (χ3v) is 2.52. The van der Waals surface area contributed by atoms with Crippen molar-refractivity contribution in [3.8, 4) is 0 Å². The second-order valence-corrected chi connectivity index (χ2v) is 5.49. The summed E-state index contributed by atoms with van der Waals surface area (Å²) in [5, 5.41) is 15.3. The number of hydrogen-bond acceptors (Lipinski definition) is 4. The van der Waals surface area contributed by atoms with Gasteiger partial charge in [0, 0.05) is 17.5 Å². The molecule has 0 atom stereocenters. The Morgan fingerprint density at radius 1 is 1.40 bits per heavy atom. The zero-order valence-electron chi connectivity index (χ0n) is 11.2. The van der Waals surface area contributed by atoms with E-state index in [0.29, 0.717) is 0 Å². The zero-order valence-corrected chi connectivity index (χ0v) is 12.0. The highest BCUT2D eigenvalue weighted by atomic mass is 32.1. The van der Waals surface area contributed by atoms with Gasteiger partial charge in [0.2, 0.25) is 5.91 Å². The molecule has 8 heteroatoms. The van der Waals surface area contributed by atoms with Crippen molar-refractivity contribution in [2.75, 3.05) is 5.32 Å². The lowest BCUT2D eigenvalue weighted by Gasteiger charge is -2.18. The van der Waals surface area contributed by atoms with Crippen LogP contribution >= 0.6 is 12.2 Å². The summed E-state index contributed by atoms with van der Waals surface area (Å²) in [4.78, 5) is 21.6. The molecule has 0 aliphatic rings. The molecule has 0 saturated heterocycles. The summed E-state index contributed by atoms with van der Waals surface area (Å²) >= 11 is 4.87. The van der Waals surface area contributed by atoms with Crippen LogP contribution in [-0.4, -0.2) is 15.9 Å². The molecule has 0 aliphatic carbocycles. The van der Waals surface area contributed by atoms with Crippen LogP contribution < -0.4 is 10.6 Å². The SMILES string of the molecule is CC(C)(C)C(=O)NC(=S)Nc1cc([N+](=O)[O-])ccc1F. The first kappa shape index (κ1) is 16.0. The molecule has 108 valence electrons. The number of halogens is 1. The Labute approximate surface area is 120 Å². The normalized spacial score (nSPS) is 10.8. The summed E-state index contributed by atoms with van der Waals surface area (Å²) in [6, 6.07) is 3.00. The van der Waals surface area contributed by atoms with E-state index in [-0.39, 0.29) is 22.4 Å². The van der Waals surface area contributed by atoms with E-state index in [1.807, 2.05) is 0 Å². The van der Waals surface area contributed by atoms with Crippen molar-refractivity contribution in [1.82, 2.24) is 5.32 Å². The van der Waals surface area contributed by atoms with Gasteiger partial charge in [-0.2, -0.15) is 0 Å². The molecule has 1 amide bonds. The number of carbonyl (C=O) groups is 1. The first-order chi connectivity index (χ1) is 9.11. The first-order valence-corrected chi connectivity index (χ1v) is 6.08. The smallest absolute Gasteiger partial charge is 0.271 e. The molecule has 1 rings (SSSR count). The van der Waals surface area contributed by atoms with E-state index < -0.39 is 16.2 Å². The number of rotatable bonds is 2. The molecule has 2 N–H and O–H groups in total. The summed E-state index contributed by atoms with van der Waals surface area (Å²) < 4.78 is 13.5. The highest BCUT2D eigenvalue weighted by Crippen LogP contribution is 2.21. The third kappa shape index (κ3) is 4.23. The fourth-order valence-corrected chi connectivity index (χ4v) is 1.37. The highest BCUT2D eigenvalue weighted by molar-refractivity contribution is 7.80. The van der Waals surface area contributed by atoms with Gasteiger partial charge in [-0.15, -0.1) is 0 Å². The summed E-state index contributed by atoms with van der Waals surface area (Å²) in [5.41, 5.74) is -1.11. The lowest BCUT2D eigenvalue weighted by molar-refractivity contribution is -0.384. The topological polar surface area (TPSA) is 84.3 Å². The van der Waals surface area contributed by atoms with E-state index in [0.717, 1.165) is 18.2 Å². The van der Waals surface area contributed by atoms with Gasteiger partial charge in [0.25, 0.3) is 5.69 Å². The van der Waals surface area contributed by atoms with Crippen molar-refractivity contribution in [2.24, 2.45) is 5.41 Å². The van der Waals surface area contributed by atoms with E-state index in [9.17, 15) is 19.3 Å². The van der Waals surface area contributed by atoms with E-state index in [1.54, 1.807) is 20.8 Å². The zero-order chi connectivity index (χ0) is 15.5. The summed E-state index contributed by atoms with van der Waals surface area (Å²) in [6.07, 6.45) is 0. The maximum absolute atomic E-state index is 13.5. The van der Waals surface area contributed by atoms with Gasteiger partial charge in [-0.3, -0.25) is 14.9 Å². The lowest BCUT2D eigenvalue weighted by Crippen LogP contribution is -2.41. The number of anilines is 1. The number of non-ortho nitro benzene ring substituents is 1.